The highest BCUT2D eigenvalue weighted by atomic mass is 79.9. The highest BCUT2D eigenvalue weighted by molar-refractivity contribution is 9.10. The van der Waals surface area contributed by atoms with Gasteiger partial charge in [-0.3, -0.25) is 9.78 Å². The van der Waals surface area contributed by atoms with Crippen molar-refractivity contribution in [2.75, 3.05) is 7.11 Å². The summed E-state index contributed by atoms with van der Waals surface area (Å²) in [6.45, 7) is 3.65. The van der Waals surface area contributed by atoms with Crippen LogP contribution in [-0.4, -0.2) is 32.7 Å². The van der Waals surface area contributed by atoms with Crippen molar-refractivity contribution in [1.29, 1.82) is 0 Å². The molecule has 0 saturated carbocycles. The normalized spacial score (nSPS) is 16.0. The van der Waals surface area contributed by atoms with E-state index in [1.54, 1.807) is 37.4 Å². The molecule has 1 heterocycles. The van der Waals surface area contributed by atoms with Gasteiger partial charge in [0.25, 0.3) is 5.56 Å². The number of carbonyl (C=O) groups is 1. The molecule has 0 amide bonds. The number of esters is 1. The van der Waals surface area contributed by atoms with Gasteiger partial charge < -0.3 is 14.2 Å². The second-order valence-electron chi connectivity index (χ2n) is 9.07. The number of aryl methyl sites for hydroxylation is 2. The van der Waals surface area contributed by atoms with E-state index in [4.69, 9.17) is 14.2 Å². The summed E-state index contributed by atoms with van der Waals surface area (Å²) < 4.78 is 18.8. The number of nitrogens with zero attached hydrogens (tertiary/aromatic N) is 2. The largest absolute Gasteiger partial charge is 0.496 e. The summed E-state index contributed by atoms with van der Waals surface area (Å²) in [6, 6.07) is 16.4. The van der Waals surface area contributed by atoms with Crippen molar-refractivity contribution >= 4 is 37.8 Å². The van der Waals surface area contributed by atoms with Crippen LogP contribution in [-0.2, 0) is 11.2 Å². The predicted octanol–water partition coefficient (Wildman–Crippen LogP) is 5.32. The van der Waals surface area contributed by atoms with Gasteiger partial charge in [-0.25, -0.2) is 9.59 Å². The van der Waals surface area contributed by atoms with Crippen LogP contribution in [0.3, 0.4) is 0 Å². The van der Waals surface area contributed by atoms with Gasteiger partial charge in [-0.1, -0.05) is 40.2 Å². The average molecular weight is 657 g/mol. The third kappa shape index (κ3) is 5.28. The number of benzene rings is 3. The molecule has 4 aromatic rings. The molecular weight excluding hydrogens is 634 g/mol. The Hall–Kier alpha value is -3.70. The molecule has 1 aromatic heterocycles. The van der Waals surface area contributed by atoms with Gasteiger partial charge in [-0.2, -0.15) is 9.78 Å². The van der Waals surface area contributed by atoms with Crippen LogP contribution < -0.4 is 20.7 Å². The third-order valence-electron chi connectivity index (χ3n) is 6.39. The van der Waals surface area contributed by atoms with Crippen molar-refractivity contribution < 1.29 is 19.0 Å². The number of ether oxygens (including phenoxy) is 3. The van der Waals surface area contributed by atoms with Crippen molar-refractivity contribution in [2.24, 2.45) is 0 Å². The minimum atomic E-state index is -0.922. The molecule has 0 radical (unpaired) electrons. The Morgan fingerprint density at radius 2 is 1.79 bits per heavy atom. The number of aromatic nitrogens is 3. The fraction of sp³-hybridized carbons (Fsp3) is 0.214. The van der Waals surface area contributed by atoms with E-state index in [0.29, 0.717) is 40.5 Å². The molecule has 3 aromatic carbocycles. The zero-order valence-electron chi connectivity index (χ0n) is 21.2. The van der Waals surface area contributed by atoms with Crippen LogP contribution in [0.4, 0.5) is 0 Å². The highest BCUT2D eigenvalue weighted by Crippen LogP contribution is 2.39. The number of nitrogens with one attached hydrogen (secondary N) is 1. The maximum absolute atomic E-state index is 13.1. The van der Waals surface area contributed by atoms with Gasteiger partial charge in [0.05, 0.1) is 22.1 Å². The first-order valence-corrected chi connectivity index (χ1v) is 13.7. The summed E-state index contributed by atoms with van der Waals surface area (Å²) in [6.07, 6.45) is 0.0897. The number of alkyl halides is 1. The van der Waals surface area contributed by atoms with Crippen molar-refractivity contribution in [3.05, 3.63) is 108 Å². The number of rotatable bonds is 6. The third-order valence-corrected chi connectivity index (χ3v) is 7.82. The highest BCUT2D eigenvalue weighted by Gasteiger charge is 2.35. The molecule has 0 bridgehead atoms. The predicted molar refractivity (Wildman–Crippen MR) is 152 cm³/mol. The standard InChI is InChI=1S/C28H23Br2N3O6/c1-14-10-17(11-15(2)24(14)38-18-8-9-22(37-3)20(29)13-18)33-28(36)31-26(34)23(32-33)27(35)39-25-19-7-5-4-6-16(19)12-21(25)30/h4-11,13,21,25H,12H2,1-3H3,(H,31,34,36). The lowest BCUT2D eigenvalue weighted by Crippen LogP contribution is -2.36. The molecular formula is C28H23Br2N3O6. The molecule has 2 atom stereocenters. The molecule has 0 saturated heterocycles. The van der Waals surface area contributed by atoms with Gasteiger partial charge in [-0.15, -0.1) is 0 Å². The Labute approximate surface area is 240 Å². The van der Waals surface area contributed by atoms with Crippen LogP contribution in [0.5, 0.6) is 17.2 Å². The van der Waals surface area contributed by atoms with Crippen molar-refractivity contribution in [1.82, 2.24) is 14.8 Å². The van der Waals surface area contributed by atoms with Crippen LogP contribution in [0, 0.1) is 13.8 Å². The SMILES string of the molecule is COc1ccc(Oc2c(C)cc(-n3nc(C(=O)OC4c5ccccc5CC4Br)c(=O)[nH]c3=O)cc2C)cc1Br. The molecule has 0 spiro atoms. The summed E-state index contributed by atoms with van der Waals surface area (Å²) in [4.78, 5) is 40.4. The van der Waals surface area contributed by atoms with E-state index < -0.39 is 29.0 Å². The first kappa shape index (κ1) is 26.9. The minimum absolute atomic E-state index is 0.145. The van der Waals surface area contributed by atoms with Gasteiger partial charge in [0.15, 0.2) is 0 Å². The zero-order valence-corrected chi connectivity index (χ0v) is 24.3. The van der Waals surface area contributed by atoms with E-state index in [0.717, 1.165) is 20.3 Å². The van der Waals surface area contributed by atoms with Crippen molar-refractivity contribution in [3.63, 3.8) is 0 Å². The molecule has 1 N–H and O–H groups in total. The lowest BCUT2D eigenvalue weighted by atomic mass is 10.1. The van der Waals surface area contributed by atoms with Crippen molar-refractivity contribution in [2.45, 2.75) is 31.2 Å². The molecule has 2 unspecified atom stereocenters. The number of H-pyrrole nitrogens is 1. The maximum Gasteiger partial charge on any atom is 0.365 e. The molecule has 200 valence electrons. The summed E-state index contributed by atoms with van der Waals surface area (Å²) in [5.74, 6) is 0.933. The Morgan fingerprint density at radius 1 is 1.08 bits per heavy atom. The van der Waals surface area contributed by atoms with Gasteiger partial charge in [0.1, 0.15) is 23.4 Å². The van der Waals surface area contributed by atoms with Gasteiger partial charge in [-0.05, 0) is 88.8 Å². The van der Waals surface area contributed by atoms with E-state index in [-0.39, 0.29) is 4.83 Å². The fourth-order valence-corrected chi connectivity index (χ4v) is 5.83. The topological polar surface area (TPSA) is 113 Å². The average Bonchev–Trinajstić information content (AvgIpc) is 3.21. The first-order valence-electron chi connectivity index (χ1n) is 12.0. The Balaban J connectivity index is 1.45. The molecule has 39 heavy (non-hydrogen) atoms. The molecule has 9 nitrogen and oxygen atoms in total. The quantitative estimate of drug-likeness (QED) is 0.221. The lowest BCUT2D eigenvalue weighted by molar-refractivity contribution is 0.0305. The Morgan fingerprint density at radius 3 is 2.49 bits per heavy atom. The van der Waals surface area contributed by atoms with Gasteiger partial charge in [0.2, 0.25) is 5.69 Å². The zero-order chi connectivity index (χ0) is 27.8. The van der Waals surface area contributed by atoms with Crippen LogP contribution in [0.15, 0.2) is 68.7 Å². The van der Waals surface area contributed by atoms with Crippen LogP contribution in [0.2, 0.25) is 0 Å². The van der Waals surface area contributed by atoms with E-state index >= 15 is 0 Å². The Bertz CT molecular complexity index is 1690. The number of halogens is 2. The van der Waals surface area contributed by atoms with E-state index in [1.165, 1.54) is 0 Å². The number of carbonyl (C=O) groups excluding carboxylic acids is 1. The molecule has 0 aliphatic heterocycles. The van der Waals surface area contributed by atoms with Gasteiger partial charge >= 0.3 is 11.7 Å². The van der Waals surface area contributed by atoms with Crippen LogP contribution in [0.25, 0.3) is 5.69 Å². The molecule has 0 fully saturated rings. The maximum atomic E-state index is 13.1. The lowest BCUT2D eigenvalue weighted by Gasteiger charge is -2.17. The molecule has 11 heteroatoms. The van der Waals surface area contributed by atoms with Crippen LogP contribution in [0.1, 0.15) is 38.8 Å². The fourth-order valence-electron chi connectivity index (χ4n) is 4.57. The first-order chi connectivity index (χ1) is 18.7. The molecule has 5 rings (SSSR count). The van der Waals surface area contributed by atoms with Crippen LogP contribution >= 0.6 is 31.9 Å². The smallest absolute Gasteiger partial charge is 0.365 e. The van der Waals surface area contributed by atoms with E-state index in [2.05, 4.69) is 41.9 Å². The number of hydrogen-bond donors (Lipinski definition) is 1. The Kier molecular flexibility index (Phi) is 7.46. The molecule has 1 aliphatic rings. The second kappa shape index (κ2) is 10.8. The van der Waals surface area contributed by atoms with Crippen molar-refractivity contribution in [3.8, 4) is 22.9 Å². The van der Waals surface area contributed by atoms with E-state index in [1.807, 2.05) is 38.1 Å². The minimum Gasteiger partial charge on any atom is -0.496 e. The number of fused-ring (bicyclic) bond motifs is 1. The van der Waals surface area contributed by atoms with E-state index in [9.17, 15) is 14.4 Å². The van der Waals surface area contributed by atoms with Gasteiger partial charge in [0, 0.05) is 0 Å². The number of aromatic amines is 1. The number of methoxy groups -OCH3 is 1. The summed E-state index contributed by atoms with van der Waals surface area (Å²) in [5.41, 5.74) is 1.48. The molecule has 1 aliphatic carbocycles. The summed E-state index contributed by atoms with van der Waals surface area (Å²) in [7, 11) is 1.58. The summed E-state index contributed by atoms with van der Waals surface area (Å²) >= 11 is 7.02. The monoisotopic (exact) mass is 655 g/mol. The summed E-state index contributed by atoms with van der Waals surface area (Å²) in [5, 5.41) is 4.10. The number of hydrogen-bond acceptors (Lipinski definition) is 7. The second-order valence-corrected chi connectivity index (χ2v) is 11.1.